The molecule has 3 heteroatoms. The number of aryl methyl sites for hydroxylation is 2. The van der Waals surface area contributed by atoms with E-state index in [0.717, 1.165) is 16.8 Å². The summed E-state index contributed by atoms with van der Waals surface area (Å²) in [5.74, 6) is 6.37. The SMILES string of the molecule is Cc1cc(N)nc(C)c1C#CCCO. The minimum atomic E-state index is 0.0908. The number of hydrogen-bond donors (Lipinski definition) is 2. The van der Waals surface area contributed by atoms with E-state index in [9.17, 15) is 0 Å². The Morgan fingerprint density at radius 3 is 2.79 bits per heavy atom. The maximum absolute atomic E-state index is 8.59. The number of anilines is 1. The Bertz CT molecular complexity index is 365. The van der Waals surface area contributed by atoms with Crippen LogP contribution in [0.1, 0.15) is 23.2 Å². The molecule has 3 N–H and O–H groups in total. The van der Waals surface area contributed by atoms with E-state index in [0.29, 0.717) is 12.2 Å². The van der Waals surface area contributed by atoms with E-state index in [4.69, 9.17) is 10.8 Å². The van der Waals surface area contributed by atoms with Crippen LogP contribution in [-0.2, 0) is 0 Å². The number of aromatic nitrogens is 1. The average molecular weight is 190 g/mol. The van der Waals surface area contributed by atoms with Crippen LogP contribution in [0.3, 0.4) is 0 Å². The van der Waals surface area contributed by atoms with Gasteiger partial charge in [-0.1, -0.05) is 11.8 Å². The van der Waals surface area contributed by atoms with Crippen LogP contribution < -0.4 is 5.73 Å². The first-order chi connectivity index (χ1) is 6.65. The van der Waals surface area contributed by atoms with Gasteiger partial charge in [0, 0.05) is 12.0 Å². The summed E-state index contributed by atoms with van der Waals surface area (Å²) in [4.78, 5) is 4.13. The molecule has 0 saturated carbocycles. The lowest BCUT2D eigenvalue weighted by molar-refractivity contribution is 0.305. The number of nitrogens with two attached hydrogens (primary N) is 1. The maximum atomic E-state index is 8.59. The van der Waals surface area contributed by atoms with Crippen LogP contribution in [0, 0.1) is 25.7 Å². The molecule has 0 saturated heterocycles. The number of pyridine rings is 1. The van der Waals surface area contributed by atoms with Crippen LogP contribution in [0.2, 0.25) is 0 Å². The monoisotopic (exact) mass is 190 g/mol. The van der Waals surface area contributed by atoms with Crippen molar-refractivity contribution in [1.29, 1.82) is 0 Å². The third-order valence-electron chi connectivity index (χ3n) is 1.87. The van der Waals surface area contributed by atoms with Crippen LogP contribution in [0.4, 0.5) is 5.82 Å². The highest BCUT2D eigenvalue weighted by Crippen LogP contribution is 2.12. The van der Waals surface area contributed by atoms with Gasteiger partial charge >= 0.3 is 0 Å². The summed E-state index contributed by atoms with van der Waals surface area (Å²) < 4.78 is 0. The van der Waals surface area contributed by atoms with Gasteiger partial charge in [-0.2, -0.15) is 0 Å². The van der Waals surface area contributed by atoms with Crippen LogP contribution in [-0.4, -0.2) is 16.7 Å². The Kier molecular flexibility index (Phi) is 3.49. The van der Waals surface area contributed by atoms with Crippen LogP contribution in [0.5, 0.6) is 0 Å². The molecule has 0 aromatic carbocycles. The smallest absolute Gasteiger partial charge is 0.123 e. The molecule has 0 bridgehead atoms. The van der Waals surface area contributed by atoms with E-state index < -0.39 is 0 Å². The van der Waals surface area contributed by atoms with E-state index in [2.05, 4.69) is 16.8 Å². The van der Waals surface area contributed by atoms with E-state index in [-0.39, 0.29) is 6.61 Å². The third-order valence-corrected chi connectivity index (χ3v) is 1.87. The average Bonchev–Trinajstić information content (AvgIpc) is 2.09. The van der Waals surface area contributed by atoms with Crippen molar-refractivity contribution in [2.45, 2.75) is 20.3 Å². The van der Waals surface area contributed by atoms with E-state index in [1.165, 1.54) is 0 Å². The summed E-state index contributed by atoms with van der Waals surface area (Å²) in [5, 5.41) is 8.59. The lowest BCUT2D eigenvalue weighted by atomic mass is 10.1. The Hall–Kier alpha value is -1.53. The lowest BCUT2D eigenvalue weighted by Crippen LogP contribution is -1.97. The first kappa shape index (κ1) is 10.6. The zero-order chi connectivity index (χ0) is 10.6. The van der Waals surface area contributed by atoms with Gasteiger partial charge in [0.2, 0.25) is 0 Å². The first-order valence-corrected chi connectivity index (χ1v) is 4.48. The molecule has 0 aliphatic carbocycles. The molecule has 0 amide bonds. The van der Waals surface area contributed by atoms with Gasteiger partial charge in [-0.25, -0.2) is 4.98 Å². The fraction of sp³-hybridized carbons (Fsp3) is 0.364. The number of nitrogen functional groups attached to an aromatic ring is 1. The summed E-state index contributed by atoms with van der Waals surface area (Å²) in [5.41, 5.74) is 8.36. The molecule has 1 aromatic heterocycles. The van der Waals surface area contributed by atoms with Gasteiger partial charge < -0.3 is 10.8 Å². The Morgan fingerprint density at radius 1 is 1.50 bits per heavy atom. The molecule has 0 unspecified atom stereocenters. The molecule has 1 heterocycles. The highest BCUT2D eigenvalue weighted by atomic mass is 16.2. The predicted octanol–water partition coefficient (Wildman–Crippen LogP) is 1.01. The predicted molar refractivity (Wildman–Crippen MR) is 56.7 cm³/mol. The van der Waals surface area contributed by atoms with Gasteiger partial charge in [-0.3, -0.25) is 0 Å². The third kappa shape index (κ3) is 2.48. The standard InChI is InChI=1S/C11H14N2O/c1-8-7-11(12)13-9(2)10(8)5-3-4-6-14/h7,14H,4,6H2,1-2H3,(H2,12,13). The van der Waals surface area contributed by atoms with Crippen LogP contribution >= 0.6 is 0 Å². The van der Waals surface area contributed by atoms with Crippen molar-refractivity contribution in [3.63, 3.8) is 0 Å². The number of hydrogen-bond acceptors (Lipinski definition) is 3. The summed E-state index contributed by atoms with van der Waals surface area (Å²) in [6, 6.07) is 1.80. The lowest BCUT2D eigenvalue weighted by Gasteiger charge is -2.03. The molecule has 0 spiro atoms. The molecular weight excluding hydrogens is 176 g/mol. The minimum Gasteiger partial charge on any atom is -0.395 e. The van der Waals surface area contributed by atoms with Gasteiger partial charge in [0.05, 0.1) is 12.3 Å². The molecular formula is C11H14N2O. The summed E-state index contributed by atoms with van der Waals surface area (Å²) in [6.07, 6.45) is 0.489. The van der Waals surface area contributed by atoms with Crippen molar-refractivity contribution in [2.24, 2.45) is 0 Å². The molecule has 0 aliphatic heterocycles. The van der Waals surface area contributed by atoms with Gasteiger partial charge in [-0.15, -0.1) is 0 Å². The number of rotatable bonds is 1. The molecule has 74 valence electrons. The van der Waals surface area contributed by atoms with Crippen molar-refractivity contribution in [3.05, 3.63) is 22.9 Å². The first-order valence-electron chi connectivity index (χ1n) is 4.48. The van der Waals surface area contributed by atoms with Crippen molar-refractivity contribution in [3.8, 4) is 11.8 Å². The second kappa shape index (κ2) is 4.64. The van der Waals surface area contributed by atoms with Gasteiger partial charge in [0.25, 0.3) is 0 Å². The van der Waals surface area contributed by atoms with E-state index >= 15 is 0 Å². The zero-order valence-corrected chi connectivity index (χ0v) is 8.46. The second-order valence-electron chi connectivity index (χ2n) is 3.10. The molecule has 14 heavy (non-hydrogen) atoms. The highest BCUT2D eigenvalue weighted by molar-refractivity contribution is 5.48. The molecule has 1 aromatic rings. The Balaban J connectivity index is 3.04. The largest absolute Gasteiger partial charge is 0.395 e. The summed E-state index contributed by atoms with van der Waals surface area (Å²) in [6.45, 7) is 3.92. The number of aliphatic hydroxyl groups is 1. The summed E-state index contributed by atoms with van der Waals surface area (Å²) >= 11 is 0. The normalized spacial score (nSPS) is 9.36. The Morgan fingerprint density at radius 2 is 2.21 bits per heavy atom. The molecule has 0 fully saturated rings. The van der Waals surface area contributed by atoms with Crippen molar-refractivity contribution in [1.82, 2.24) is 4.98 Å². The topological polar surface area (TPSA) is 59.1 Å². The van der Waals surface area contributed by atoms with Crippen LogP contribution in [0.25, 0.3) is 0 Å². The fourth-order valence-electron chi connectivity index (χ4n) is 1.26. The van der Waals surface area contributed by atoms with E-state index in [1.54, 1.807) is 6.07 Å². The maximum Gasteiger partial charge on any atom is 0.123 e. The van der Waals surface area contributed by atoms with Gasteiger partial charge in [0.1, 0.15) is 5.82 Å². The fourth-order valence-corrected chi connectivity index (χ4v) is 1.26. The molecule has 0 atom stereocenters. The van der Waals surface area contributed by atoms with Crippen molar-refractivity contribution >= 4 is 5.82 Å². The molecule has 0 radical (unpaired) electrons. The molecule has 0 aliphatic rings. The second-order valence-corrected chi connectivity index (χ2v) is 3.10. The zero-order valence-electron chi connectivity index (χ0n) is 8.46. The van der Waals surface area contributed by atoms with Crippen LogP contribution in [0.15, 0.2) is 6.07 Å². The summed E-state index contributed by atoms with van der Waals surface area (Å²) in [7, 11) is 0. The highest BCUT2D eigenvalue weighted by Gasteiger charge is 2.01. The quantitative estimate of drug-likeness (QED) is 0.650. The number of nitrogens with zero attached hydrogens (tertiary/aromatic N) is 1. The Labute approximate surface area is 84.0 Å². The van der Waals surface area contributed by atoms with Gasteiger partial charge in [-0.05, 0) is 25.5 Å². The van der Waals surface area contributed by atoms with E-state index in [1.807, 2.05) is 13.8 Å². The minimum absolute atomic E-state index is 0.0908. The van der Waals surface area contributed by atoms with Crippen molar-refractivity contribution < 1.29 is 5.11 Å². The van der Waals surface area contributed by atoms with Crippen molar-refractivity contribution in [2.75, 3.05) is 12.3 Å². The van der Waals surface area contributed by atoms with Gasteiger partial charge in [0.15, 0.2) is 0 Å². The molecule has 1 rings (SSSR count). The number of aliphatic hydroxyl groups excluding tert-OH is 1. The molecule has 3 nitrogen and oxygen atoms in total.